The van der Waals surface area contributed by atoms with Crippen molar-refractivity contribution in [1.82, 2.24) is 0 Å². The summed E-state index contributed by atoms with van der Waals surface area (Å²) in [5.74, 6) is 1.32. The molecule has 0 aliphatic heterocycles. The van der Waals surface area contributed by atoms with Crippen LogP contribution < -0.4 is 5.73 Å². The number of hydrogen-bond donors (Lipinski definition) is 1. The molecule has 1 aromatic carbocycles. The van der Waals surface area contributed by atoms with E-state index in [1.54, 1.807) is 0 Å². The molecule has 0 heterocycles. The van der Waals surface area contributed by atoms with Crippen molar-refractivity contribution in [3.63, 3.8) is 0 Å². The molecule has 1 heteroatoms. The highest BCUT2D eigenvalue weighted by Gasteiger charge is 2.07. The van der Waals surface area contributed by atoms with Gasteiger partial charge in [-0.1, -0.05) is 80.2 Å². The lowest BCUT2D eigenvalue weighted by molar-refractivity contribution is 0.479. The Kier molecular flexibility index (Phi) is 12.9. The average molecular weight is 370 g/mol. The fourth-order valence-corrected chi connectivity index (χ4v) is 3.71. The van der Waals surface area contributed by atoms with E-state index in [0.717, 1.165) is 18.9 Å². The Balaban J connectivity index is 2.46. The second kappa shape index (κ2) is 14.7. The van der Waals surface area contributed by atoms with Crippen LogP contribution in [0.1, 0.15) is 82.8 Å². The number of allylic oxidation sites excluding steroid dienone is 3. The summed E-state index contributed by atoms with van der Waals surface area (Å²) in [5, 5.41) is 0. The number of unbranched alkanes of at least 4 members (excludes halogenated alkanes) is 4. The number of hydrogen-bond acceptors (Lipinski definition) is 1. The van der Waals surface area contributed by atoms with Crippen LogP contribution in [0.15, 0.2) is 48.6 Å². The molecule has 1 aromatic rings. The molecule has 2 unspecified atom stereocenters. The highest BCUT2D eigenvalue weighted by Crippen LogP contribution is 2.22. The molecule has 2 N–H and O–H groups in total. The second-order valence-corrected chi connectivity index (χ2v) is 8.51. The van der Waals surface area contributed by atoms with Gasteiger partial charge in [-0.2, -0.15) is 0 Å². The molecule has 0 aliphatic rings. The summed E-state index contributed by atoms with van der Waals surface area (Å²) in [4.78, 5) is 0. The van der Waals surface area contributed by atoms with Gasteiger partial charge in [0.2, 0.25) is 0 Å². The first kappa shape index (κ1) is 23.7. The lowest BCUT2D eigenvalue weighted by Crippen LogP contribution is -2.01. The average Bonchev–Trinajstić information content (AvgIpc) is 2.61. The van der Waals surface area contributed by atoms with Crippen LogP contribution in [0.4, 0.5) is 0 Å². The first-order valence-electron chi connectivity index (χ1n) is 11.1. The quantitative estimate of drug-likeness (QED) is 0.253. The number of aryl methyl sites for hydroxylation is 1. The van der Waals surface area contributed by atoms with Gasteiger partial charge in [0.1, 0.15) is 0 Å². The third-order valence-electron chi connectivity index (χ3n) is 5.31. The number of benzene rings is 1. The molecule has 1 nitrogen and oxygen atoms in total. The molecule has 1 rings (SSSR count). The maximum Gasteiger partial charge on any atom is -0.00773 e. The van der Waals surface area contributed by atoms with Gasteiger partial charge in [-0.15, -0.1) is 6.58 Å². The first-order chi connectivity index (χ1) is 13.0. The Labute approximate surface area is 169 Å². The van der Waals surface area contributed by atoms with Crippen LogP contribution in [-0.4, -0.2) is 6.54 Å². The van der Waals surface area contributed by atoms with Gasteiger partial charge in [-0.3, -0.25) is 0 Å². The fourth-order valence-electron chi connectivity index (χ4n) is 3.71. The Morgan fingerprint density at radius 2 is 1.74 bits per heavy atom. The largest absolute Gasteiger partial charge is 0.330 e. The summed E-state index contributed by atoms with van der Waals surface area (Å²) < 4.78 is 0. The fraction of sp³-hybridized carbons (Fsp3) is 0.615. The van der Waals surface area contributed by atoms with Crippen molar-refractivity contribution in [2.45, 2.75) is 85.0 Å². The van der Waals surface area contributed by atoms with E-state index in [-0.39, 0.29) is 0 Å². The predicted molar refractivity (Wildman–Crippen MR) is 122 cm³/mol. The van der Waals surface area contributed by atoms with Crippen molar-refractivity contribution >= 4 is 0 Å². The lowest BCUT2D eigenvalue weighted by atomic mass is 9.91. The number of nitrogens with two attached hydrogens (primary N) is 1. The minimum Gasteiger partial charge on any atom is -0.330 e. The zero-order chi connectivity index (χ0) is 19.9. The lowest BCUT2D eigenvalue weighted by Gasteiger charge is -2.14. The topological polar surface area (TPSA) is 26.0 Å². The van der Waals surface area contributed by atoms with Crippen LogP contribution in [-0.2, 0) is 6.42 Å². The molecule has 0 fully saturated rings. The van der Waals surface area contributed by atoms with E-state index < -0.39 is 0 Å². The minimum absolute atomic E-state index is 0.597. The normalized spacial score (nSPS) is 13.8. The van der Waals surface area contributed by atoms with Gasteiger partial charge < -0.3 is 5.73 Å². The van der Waals surface area contributed by atoms with Crippen molar-refractivity contribution in [1.29, 1.82) is 0 Å². The van der Waals surface area contributed by atoms with E-state index in [0.29, 0.717) is 5.92 Å². The van der Waals surface area contributed by atoms with E-state index in [9.17, 15) is 0 Å². The summed E-state index contributed by atoms with van der Waals surface area (Å²) in [6.45, 7) is 11.6. The van der Waals surface area contributed by atoms with E-state index in [4.69, 9.17) is 5.73 Å². The van der Waals surface area contributed by atoms with E-state index >= 15 is 0 Å². The van der Waals surface area contributed by atoms with Gasteiger partial charge >= 0.3 is 0 Å². The van der Waals surface area contributed by atoms with Crippen LogP contribution in [0.3, 0.4) is 0 Å². The molecule has 152 valence electrons. The molecule has 0 saturated heterocycles. The van der Waals surface area contributed by atoms with Crippen LogP contribution in [0, 0.1) is 18.8 Å². The smallest absolute Gasteiger partial charge is 0.00773 e. The van der Waals surface area contributed by atoms with Crippen LogP contribution in [0.2, 0.25) is 0 Å². The summed E-state index contributed by atoms with van der Waals surface area (Å²) in [6.07, 6.45) is 17.7. The maximum absolute atomic E-state index is 5.59. The third-order valence-corrected chi connectivity index (χ3v) is 5.31. The molecule has 0 aliphatic carbocycles. The second-order valence-electron chi connectivity index (χ2n) is 8.51. The zero-order valence-corrected chi connectivity index (χ0v) is 18.2. The van der Waals surface area contributed by atoms with Gasteiger partial charge in [0.15, 0.2) is 0 Å². The van der Waals surface area contributed by atoms with Crippen LogP contribution in [0.5, 0.6) is 0 Å². The molecule has 27 heavy (non-hydrogen) atoms. The molecular formula is C26H43N. The Morgan fingerprint density at radius 1 is 1.04 bits per heavy atom. The summed E-state index contributed by atoms with van der Waals surface area (Å²) in [7, 11) is 0. The standard InChI is InChI=1S/C26H43N/c1-22(2)12-10-15-25(14-8-6-5-7-9-19-27)18-17-24(4)21-26-16-11-13-23(3)20-26/h11,13,16-18,20,24-25H,1,5-10,12,14-15,19,21,27H2,2-4H3/b18-17+. The Hall–Kier alpha value is -1.34. The minimum atomic E-state index is 0.597. The van der Waals surface area contributed by atoms with Crippen molar-refractivity contribution in [3.8, 4) is 0 Å². The van der Waals surface area contributed by atoms with Crippen molar-refractivity contribution in [2.24, 2.45) is 17.6 Å². The summed E-state index contributed by atoms with van der Waals surface area (Å²) in [5.41, 5.74) is 9.71. The van der Waals surface area contributed by atoms with Crippen molar-refractivity contribution < 1.29 is 0 Å². The highest BCUT2D eigenvalue weighted by atomic mass is 14.5. The summed E-state index contributed by atoms with van der Waals surface area (Å²) >= 11 is 0. The monoisotopic (exact) mass is 369 g/mol. The van der Waals surface area contributed by atoms with Crippen molar-refractivity contribution in [2.75, 3.05) is 6.54 Å². The molecular weight excluding hydrogens is 326 g/mol. The predicted octanol–water partition coefficient (Wildman–Crippen LogP) is 7.39. The molecule has 0 bridgehead atoms. The van der Waals surface area contributed by atoms with Gasteiger partial charge in [-0.25, -0.2) is 0 Å². The SMILES string of the molecule is C=C(C)CCCC(/C=C/C(C)Cc1cccc(C)c1)CCCCCCCN. The first-order valence-corrected chi connectivity index (χ1v) is 11.1. The zero-order valence-electron chi connectivity index (χ0n) is 18.2. The molecule has 0 amide bonds. The molecule has 0 spiro atoms. The molecule has 0 radical (unpaired) electrons. The van der Waals surface area contributed by atoms with Gasteiger partial charge in [0.05, 0.1) is 0 Å². The van der Waals surface area contributed by atoms with Crippen LogP contribution in [0.25, 0.3) is 0 Å². The van der Waals surface area contributed by atoms with Crippen LogP contribution >= 0.6 is 0 Å². The number of rotatable bonds is 15. The molecule has 2 atom stereocenters. The third kappa shape index (κ3) is 12.6. The Bertz CT molecular complexity index is 543. The summed E-state index contributed by atoms with van der Waals surface area (Å²) in [6, 6.07) is 8.92. The maximum atomic E-state index is 5.59. The molecule has 0 saturated carbocycles. The van der Waals surface area contributed by atoms with Gasteiger partial charge in [0, 0.05) is 0 Å². The van der Waals surface area contributed by atoms with E-state index in [1.807, 2.05) is 0 Å². The van der Waals surface area contributed by atoms with E-state index in [1.165, 1.54) is 74.5 Å². The van der Waals surface area contributed by atoms with Gasteiger partial charge in [-0.05, 0) is 76.3 Å². The van der Waals surface area contributed by atoms with Crippen molar-refractivity contribution in [3.05, 3.63) is 59.7 Å². The van der Waals surface area contributed by atoms with Gasteiger partial charge in [0.25, 0.3) is 0 Å². The molecule has 0 aromatic heterocycles. The van der Waals surface area contributed by atoms with E-state index in [2.05, 4.69) is 63.8 Å². The highest BCUT2D eigenvalue weighted by molar-refractivity contribution is 5.23. The Morgan fingerprint density at radius 3 is 2.44 bits per heavy atom.